The highest BCUT2D eigenvalue weighted by molar-refractivity contribution is 5.88. The molecule has 0 amide bonds. The largest absolute Gasteiger partial charge is 0.0613 e. The second kappa shape index (κ2) is 3.45. The molecule has 0 heterocycles. The molecule has 0 aromatic heterocycles. The van der Waals surface area contributed by atoms with Gasteiger partial charge in [-0.25, -0.2) is 0 Å². The monoisotopic (exact) mass is 184 g/mol. The summed E-state index contributed by atoms with van der Waals surface area (Å²) in [5, 5.41) is 2.80. The van der Waals surface area contributed by atoms with Crippen molar-refractivity contribution in [3.63, 3.8) is 0 Å². The predicted octanol–water partition coefficient (Wildman–Crippen LogP) is 4.02. The van der Waals surface area contributed by atoms with Gasteiger partial charge < -0.3 is 0 Å². The van der Waals surface area contributed by atoms with E-state index < -0.39 is 0 Å². The zero-order chi connectivity index (χ0) is 10.1. The van der Waals surface area contributed by atoms with Crippen LogP contribution in [-0.2, 0) is 6.42 Å². The predicted molar refractivity (Wildman–Crippen MR) is 62.8 cm³/mol. The van der Waals surface area contributed by atoms with Gasteiger partial charge in [-0.2, -0.15) is 0 Å². The first-order chi connectivity index (χ1) is 6.72. The van der Waals surface area contributed by atoms with Crippen LogP contribution in [0, 0.1) is 13.8 Å². The molecule has 0 unspecified atom stereocenters. The topological polar surface area (TPSA) is 0 Å². The summed E-state index contributed by atoms with van der Waals surface area (Å²) in [5.41, 5.74) is 4.17. The van der Waals surface area contributed by atoms with Crippen LogP contribution in [0.4, 0.5) is 0 Å². The standard InChI is InChI=1S/C14H16/c1-4-12-7-8-13-10(2)5-6-11(3)14(13)9-12/h5-9H,4H2,1-3H3. The number of fused-ring (bicyclic) bond motifs is 1. The van der Waals surface area contributed by atoms with Gasteiger partial charge in [-0.3, -0.25) is 0 Å². The zero-order valence-corrected chi connectivity index (χ0v) is 9.09. The van der Waals surface area contributed by atoms with Crippen LogP contribution in [0.15, 0.2) is 30.3 Å². The molecule has 2 aromatic rings. The van der Waals surface area contributed by atoms with Gasteiger partial charge in [0, 0.05) is 0 Å². The maximum absolute atomic E-state index is 2.32. The van der Waals surface area contributed by atoms with Crippen LogP contribution < -0.4 is 0 Å². The van der Waals surface area contributed by atoms with Gasteiger partial charge in [0.1, 0.15) is 0 Å². The molecule has 0 N–H and O–H groups in total. The molecular weight excluding hydrogens is 168 g/mol. The first kappa shape index (κ1) is 9.26. The summed E-state index contributed by atoms with van der Waals surface area (Å²) in [6, 6.07) is 11.2. The fourth-order valence-corrected chi connectivity index (χ4v) is 1.91. The van der Waals surface area contributed by atoms with Crippen molar-refractivity contribution in [2.24, 2.45) is 0 Å². The molecule has 0 atom stereocenters. The van der Waals surface area contributed by atoms with Crippen molar-refractivity contribution in [2.45, 2.75) is 27.2 Å². The van der Waals surface area contributed by atoms with Crippen molar-refractivity contribution in [1.29, 1.82) is 0 Å². The van der Waals surface area contributed by atoms with Gasteiger partial charge in [-0.1, -0.05) is 37.3 Å². The quantitative estimate of drug-likeness (QED) is 0.628. The molecule has 0 spiro atoms. The van der Waals surface area contributed by atoms with Crippen LogP contribution in [0.2, 0.25) is 0 Å². The van der Waals surface area contributed by atoms with E-state index in [-0.39, 0.29) is 0 Å². The van der Waals surface area contributed by atoms with Crippen molar-refractivity contribution in [1.82, 2.24) is 0 Å². The van der Waals surface area contributed by atoms with E-state index in [2.05, 4.69) is 51.1 Å². The van der Waals surface area contributed by atoms with Crippen LogP contribution in [0.25, 0.3) is 10.8 Å². The zero-order valence-electron chi connectivity index (χ0n) is 9.09. The Morgan fingerprint density at radius 3 is 2.14 bits per heavy atom. The SMILES string of the molecule is CCc1ccc2c(C)ccc(C)c2c1. The highest BCUT2D eigenvalue weighted by Gasteiger charge is 2.00. The van der Waals surface area contributed by atoms with E-state index in [9.17, 15) is 0 Å². The fourth-order valence-electron chi connectivity index (χ4n) is 1.91. The third-order valence-corrected chi connectivity index (χ3v) is 2.93. The number of hydrogen-bond acceptors (Lipinski definition) is 0. The Morgan fingerprint density at radius 2 is 1.50 bits per heavy atom. The lowest BCUT2D eigenvalue weighted by molar-refractivity contribution is 1.14. The molecule has 0 aliphatic rings. The second-order valence-electron chi connectivity index (χ2n) is 3.93. The van der Waals surface area contributed by atoms with Crippen molar-refractivity contribution in [3.05, 3.63) is 47.0 Å². The molecule has 0 saturated heterocycles. The van der Waals surface area contributed by atoms with Crippen molar-refractivity contribution in [3.8, 4) is 0 Å². The fraction of sp³-hybridized carbons (Fsp3) is 0.286. The molecular formula is C14H16. The summed E-state index contributed by atoms with van der Waals surface area (Å²) in [4.78, 5) is 0. The van der Waals surface area contributed by atoms with Crippen molar-refractivity contribution in [2.75, 3.05) is 0 Å². The van der Waals surface area contributed by atoms with Gasteiger partial charge >= 0.3 is 0 Å². The number of rotatable bonds is 1. The van der Waals surface area contributed by atoms with Gasteiger partial charge in [-0.15, -0.1) is 0 Å². The van der Waals surface area contributed by atoms with E-state index in [0.717, 1.165) is 6.42 Å². The summed E-state index contributed by atoms with van der Waals surface area (Å²) < 4.78 is 0. The minimum atomic E-state index is 1.11. The lowest BCUT2D eigenvalue weighted by Gasteiger charge is -2.07. The van der Waals surface area contributed by atoms with E-state index in [0.29, 0.717) is 0 Å². The number of aryl methyl sites for hydroxylation is 3. The van der Waals surface area contributed by atoms with E-state index in [1.807, 2.05) is 0 Å². The summed E-state index contributed by atoms with van der Waals surface area (Å²) >= 11 is 0. The lowest BCUT2D eigenvalue weighted by atomic mass is 9.98. The maximum Gasteiger partial charge on any atom is -0.0149 e. The Labute approximate surface area is 85.6 Å². The van der Waals surface area contributed by atoms with Crippen molar-refractivity contribution >= 4 is 10.8 Å². The van der Waals surface area contributed by atoms with Crippen LogP contribution >= 0.6 is 0 Å². The van der Waals surface area contributed by atoms with Crippen LogP contribution in [0.1, 0.15) is 23.6 Å². The molecule has 0 fully saturated rings. The lowest BCUT2D eigenvalue weighted by Crippen LogP contribution is -1.85. The molecule has 0 heteroatoms. The van der Waals surface area contributed by atoms with Crippen LogP contribution in [0.3, 0.4) is 0 Å². The van der Waals surface area contributed by atoms with Crippen LogP contribution in [0.5, 0.6) is 0 Å². The van der Waals surface area contributed by atoms with Gasteiger partial charge in [0.05, 0.1) is 0 Å². The second-order valence-corrected chi connectivity index (χ2v) is 3.93. The Morgan fingerprint density at radius 1 is 0.857 bits per heavy atom. The molecule has 0 saturated carbocycles. The van der Waals surface area contributed by atoms with Gasteiger partial charge in [-0.05, 0) is 47.7 Å². The van der Waals surface area contributed by atoms with Gasteiger partial charge in [0.2, 0.25) is 0 Å². The molecule has 0 aliphatic carbocycles. The Balaban J connectivity index is 2.80. The molecule has 0 bridgehead atoms. The summed E-state index contributed by atoms with van der Waals surface area (Å²) in [6.07, 6.45) is 1.11. The first-order valence-corrected chi connectivity index (χ1v) is 5.21. The van der Waals surface area contributed by atoms with Gasteiger partial charge in [0.25, 0.3) is 0 Å². The molecule has 2 rings (SSSR count). The third-order valence-electron chi connectivity index (χ3n) is 2.93. The molecule has 0 radical (unpaired) electrons. The molecule has 2 aromatic carbocycles. The normalized spacial score (nSPS) is 10.8. The Bertz CT molecular complexity index is 467. The van der Waals surface area contributed by atoms with Crippen molar-refractivity contribution < 1.29 is 0 Å². The molecule has 14 heavy (non-hydrogen) atoms. The molecule has 0 nitrogen and oxygen atoms in total. The van der Waals surface area contributed by atoms with E-state index in [1.54, 1.807) is 0 Å². The first-order valence-electron chi connectivity index (χ1n) is 5.21. The van der Waals surface area contributed by atoms with Gasteiger partial charge in [0.15, 0.2) is 0 Å². The highest BCUT2D eigenvalue weighted by atomic mass is 14.1. The Hall–Kier alpha value is -1.30. The average molecular weight is 184 g/mol. The number of benzene rings is 2. The van der Waals surface area contributed by atoms with E-state index in [4.69, 9.17) is 0 Å². The minimum Gasteiger partial charge on any atom is -0.0613 e. The van der Waals surface area contributed by atoms with Crippen LogP contribution in [-0.4, -0.2) is 0 Å². The summed E-state index contributed by atoms with van der Waals surface area (Å²) in [5.74, 6) is 0. The molecule has 72 valence electrons. The average Bonchev–Trinajstić information content (AvgIpc) is 2.23. The van der Waals surface area contributed by atoms with E-state index in [1.165, 1.54) is 27.5 Å². The Kier molecular flexibility index (Phi) is 2.28. The molecule has 0 aliphatic heterocycles. The maximum atomic E-state index is 2.32. The summed E-state index contributed by atoms with van der Waals surface area (Å²) in [6.45, 7) is 6.56. The highest BCUT2D eigenvalue weighted by Crippen LogP contribution is 2.23. The van der Waals surface area contributed by atoms with E-state index >= 15 is 0 Å². The number of hydrogen-bond donors (Lipinski definition) is 0. The third kappa shape index (κ3) is 1.41. The minimum absolute atomic E-state index is 1.11. The smallest absolute Gasteiger partial charge is 0.0149 e. The summed E-state index contributed by atoms with van der Waals surface area (Å²) in [7, 11) is 0.